The lowest BCUT2D eigenvalue weighted by Gasteiger charge is -2.07. The average Bonchev–Trinajstić information content (AvgIpc) is 2.87. The van der Waals surface area contributed by atoms with Crippen molar-refractivity contribution in [3.05, 3.63) is 28.7 Å². The molecule has 1 fully saturated rings. The Kier molecular flexibility index (Phi) is 6.04. The zero-order chi connectivity index (χ0) is 13.5. The fraction of sp³-hybridized carbons (Fsp3) is 0.500. The minimum absolute atomic E-state index is 0.457. The highest BCUT2D eigenvalue weighted by molar-refractivity contribution is 9.10. The molecule has 0 bridgehead atoms. The predicted molar refractivity (Wildman–Crippen MR) is 86.0 cm³/mol. The van der Waals surface area contributed by atoms with Crippen molar-refractivity contribution >= 4 is 32.9 Å². The maximum absolute atomic E-state index is 5.91. The number of amidine groups is 1. The van der Waals surface area contributed by atoms with Gasteiger partial charge in [-0.25, -0.2) is 0 Å². The molecule has 0 spiro atoms. The summed E-state index contributed by atoms with van der Waals surface area (Å²) < 4.78 is 6.67. The first-order valence-electron chi connectivity index (χ1n) is 6.58. The average molecular weight is 343 g/mol. The van der Waals surface area contributed by atoms with Gasteiger partial charge in [0.1, 0.15) is 5.75 Å². The summed E-state index contributed by atoms with van der Waals surface area (Å²) in [4.78, 5) is 4.53. The van der Waals surface area contributed by atoms with E-state index in [1.54, 1.807) is 11.8 Å². The van der Waals surface area contributed by atoms with Gasteiger partial charge in [0.15, 0.2) is 5.17 Å². The predicted octanol–water partition coefficient (Wildman–Crippen LogP) is 3.82. The van der Waals surface area contributed by atoms with Crippen LogP contribution in [0.4, 0.5) is 0 Å². The molecule has 0 amide bonds. The Morgan fingerprint density at radius 3 is 2.95 bits per heavy atom. The minimum atomic E-state index is 0.457. The molecule has 104 valence electrons. The summed E-state index contributed by atoms with van der Waals surface area (Å²) >= 11 is 5.00. The van der Waals surface area contributed by atoms with Crippen molar-refractivity contribution in [2.24, 2.45) is 10.7 Å². The van der Waals surface area contributed by atoms with Crippen molar-refractivity contribution in [1.29, 1.82) is 0 Å². The minimum Gasteiger partial charge on any atom is -0.493 e. The smallest absolute Gasteiger partial charge is 0.154 e. The van der Waals surface area contributed by atoms with Gasteiger partial charge in [-0.1, -0.05) is 46.6 Å². The molecule has 0 radical (unpaired) electrons. The van der Waals surface area contributed by atoms with Crippen LogP contribution in [0.15, 0.2) is 33.7 Å². The molecule has 0 atom stereocenters. The lowest BCUT2D eigenvalue weighted by molar-refractivity contribution is 0.344. The van der Waals surface area contributed by atoms with Gasteiger partial charge < -0.3 is 10.5 Å². The first-order chi connectivity index (χ1) is 9.24. The van der Waals surface area contributed by atoms with E-state index < -0.39 is 0 Å². The molecular weight excluding hydrogens is 324 g/mol. The maximum Gasteiger partial charge on any atom is 0.154 e. The number of benzene rings is 1. The van der Waals surface area contributed by atoms with E-state index >= 15 is 0 Å². The van der Waals surface area contributed by atoms with Crippen LogP contribution in [-0.4, -0.2) is 23.6 Å². The normalized spacial score (nSPS) is 16.8. The molecule has 0 aliphatic heterocycles. The van der Waals surface area contributed by atoms with Crippen LogP contribution in [0.5, 0.6) is 5.75 Å². The summed E-state index contributed by atoms with van der Waals surface area (Å²) in [6.07, 6.45) is 4.96. The van der Waals surface area contributed by atoms with Gasteiger partial charge in [0.25, 0.3) is 0 Å². The standard InChI is InChI=1S/C14H19BrN2OS/c15-11-4-3-7-13(10-11)18-8-9-19-14(16)17-12-5-1-2-6-12/h3-4,7,10,12H,1-2,5-6,8-9H2,(H2,16,17). The molecule has 0 saturated heterocycles. The van der Waals surface area contributed by atoms with Gasteiger partial charge >= 0.3 is 0 Å². The third-order valence-corrected chi connectivity index (χ3v) is 4.30. The molecule has 3 nitrogen and oxygen atoms in total. The quantitative estimate of drug-likeness (QED) is 0.502. The van der Waals surface area contributed by atoms with Crippen molar-refractivity contribution < 1.29 is 4.74 Å². The second kappa shape index (κ2) is 7.80. The zero-order valence-corrected chi connectivity index (χ0v) is 13.3. The van der Waals surface area contributed by atoms with Crippen LogP contribution < -0.4 is 10.5 Å². The summed E-state index contributed by atoms with van der Waals surface area (Å²) in [5.41, 5.74) is 5.91. The van der Waals surface area contributed by atoms with E-state index in [0.717, 1.165) is 16.0 Å². The number of rotatable bonds is 5. The summed E-state index contributed by atoms with van der Waals surface area (Å²) in [7, 11) is 0. The Bertz CT molecular complexity index is 433. The van der Waals surface area contributed by atoms with E-state index in [1.165, 1.54) is 25.7 Å². The van der Waals surface area contributed by atoms with Gasteiger partial charge in [-0.3, -0.25) is 4.99 Å². The molecule has 5 heteroatoms. The topological polar surface area (TPSA) is 47.6 Å². The number of halogens is 1. The van der Waals surface area contributed by atoms with Gasteiger partial charge in [-0.2, -0.15) is 0 Å². The molecule has 1 aliphatic rings. The third kappa shape index (κ3) is 5.45. The van der Waals surface area contributed by atoms with Crippen molar-refractivity contribution in [2.45, 2.75) is 31.7 Å². The molecule has 0 aromatic heterocycles. The zero-order valence-electron chi connectivity index (χ0n) is 10.8. The maximum atomic E-state index is 5.91. The molecule has 0 heterocycles. The number of thioether (sulfide) groups is 1. The molecule has 0 unspecified atom stereocenters. The Balaban J connectivity index is 1.66. The van der Waals surface area contributed by atoms with Gasteiger partial charge in [0.2, 0.25) is 0 Å². The Hall–Kier alpha value is -0.680. The van der Waals surface area contributed by atoms with Crippen LogP contribution in [0.3, 0.4) is 0 Å². The second-order valence-electron chi connectivity index (χ2n) is 4.56. The van der Waals surface area contributed by atoms with Gasteiger partial charge in [0.05, 0.1) is 12.6 Å². The number of hydrogen-bond acceptors (Lipinski definition) is 3. The summed E-state index contributed by atoms with van der Waals surface area (Å²) in [6.45, 7) is 0.641. The Labute approximate surface area is 127 Å². The number of nitrogens with two attached hydrogens (primary N) is 1. The summed E-state index contributed by atoms with van der Waals surface area (Å²) in [5.74, 6) is 1.70. The molecule has 1 aliphatic carbocycles. The fourth-order valence-corrected chi connectivity index (χ4v) is 3.09. The number of hydrogen-bond donors (Lipinski definition) is 1. The van der Waals surface area contributed by atoms with E-state index in [0.29, 0.717) is 17.8 Å². The lowest BCUT2D eigenvalue weighted by Crippen LogP contribution is -2.13. The molecular formula is C14H19BrN2OS. The van der Waals surface area contributed by atoms with E-state index in [2.05, 4.69) is 20.9 Å². The Morgan fingerprint density at radius 2 is 2.21 bits per heavy atom. The Morgan fingerprint density at radius 1 is 1.42 bits per heavy atom. The van der Waals surface area contributed by atoms with Crippen LogP contribution in [0.25, 0.3) is 0 Å². The highest BCUT2D eigenvalue weighted by Gasteiger charge is 2.13. The molecule has 1 aromatic rings. The molecule has 2 N–H and O–H groups in total. The van der Waals surface area contributed by atoms with E-state index in [1.807, 2.05) is 24.3 Å². The van der Waals surface area contributed by atoms with Crippen LogP contribution in [0.1, 0.15) is 25.7 Å². The number of nitrogens with zero attached hydrogens (tertiary/aromatic N) is 1. The largest absolute Gasteiger partial charge is 0.493 e. The number of aliphatic imine (C=N–C) groups is 1. The van der Waals surface area contributed by atoms with E-state index in [4.69, 9.17) is 10.5 Å². The van der Waals surface area contributed by atoms with Crippen LogP contribution >= 0.6 is 27.7 Å². The van der Waals surface area contributed by atoms with Crippen molar-refractivity contribution in [3.8, 4) is 5.75 Å². The molecule has 1 aromatic carbocycles. The first-order valence-corrected chi connectivity index (χ1v) is 8.36. The third-order valence-electron chi connectivity index (χ3n) is 3.03. The van der Waals surface area contributed by atoms with Crippen LogP contribution in [-0.2, 0) is 0 Å². The highest BCUT2D eigenvalue weighted by Crippen LogP contribution is 2.22. The highest BCUT2D eigenvalue weighted by atomic mass is 79.9. The molecule has 2 rings (SSSR count). The molecule has 19 heavy (non-hydrogen) atoms. The number of ether oxygens (including phenoxy) is 1. The summed E-state index contributed by atoms with van der Waals surface area (Å²) in [5, 5.41) is 0.699. The van der Waals surface area contributed by atoms with E-state index in [-0.39, 0.29) is 0 Å². The molecule has 1 saturated carbocycles. The SMILES string of the molecule is NC(=NC1CCCC1)SCCOc1cccc(Br)c1. The van der Waals surface area contributed by atoms with Crippen molar-refractivity contribution in [2.75, 3.05) is 12.4 Å². The summed E-state index contributed by atoms with van der Waals surface area (Å²) in [6, 6.07) is 8.31. The first kappa shape index (κ1) is 14.7. The van der Waals surface area contributed by atoms with Crippen molar-refractivity contribution in [3.63, 3.8) is 0 Å². The van der Waals surface area contributed by atoms with E-state index in [9.17, 15) is 0 Å². The second-order valence-corrected chi connectivity index (χ2v) is 6.59. The lowest BCUT2D eigenvalue weighted by atomic mass is 10.3. The van der Waals surface area contributed by atoms with Gasteiger partial charge in [-0.05, 0) is 31.0 Å². The van der Waals surface area contributed by atoms with Crippen LogP contribution in [0.2, 0.25) is 0 Å². The van der Waals surface area contributed by atoms with Gasteiger partial charge in [-0.15, -0.1) is 0 Å². The van der Waals surface area contributed by atoms with Gasteiger partial charge in [0, 0.05) is 10.2 Å². The van der Waals surface area contributed by atoms with Crippen molar-refractivity contribution in [1.82, 2.24) is 0 Å². The fourth-order valence-electron chi connectivity index (χ4n) is 2.11. The monoisotopic (exact) mass is 342 g/mol. The van der Waals surface area contributed by atoms with Crippen LogP contribution in [0, 0.1) is 0 Å².